The van der Waals surface area contributed by atoms with E-state index < -0.39 is 0 Å². The Hall–Kier alpha value is -2.62. The second kappa shape index (κ2) is 7.09. The van der Waals surface area contributed by atoms with Crippen molar-refractivity contribution in [3.05, 3.63) is 65.7 Å². The smallest absolute Gasteiger partial charge is 0.224 e. The Balaban J connectivity index is 1.31. The fourth-order valence-electron chi connectivity index (χ4n) is 3.81. The third-order valence-electron chi connectivity index (χ3n) is 5.11. The molecule has 2 aromatic carbocycles. The third-order valence-corrected chi connectivity index (χ3v) is 5.11. The van der Waals surface area contributed by atoms with Gasteiger partial charge in [-0.05, 0) is 42.0 Å². The number of aryl methyl sites for hydroxylation is 1. The quantitative estimate of drug-likeness (QED) is 0.747. The van der Waals surface area contributed by atoms with Crippen molar-refractivity contribution in [2.75, 3.05) is 6.54 Å². The van der Waals surface area contributed by atoms with Crippen molar-refractivity contribution < 1.29 is 4.79 Å². The van der Waals surface area contributed by atoms with Crippen molar-refractivity contribution in [1.82, 2.24) is 15.3 Å². The minimum Gasteiger partial charge on any atom is -0.356 e. The van der Waals surface area contributed by atoms with Crippen LogP contribution >= 0.6 is 0 Å². The Morgan fingerprint density at radius 2 is 2.08 bits per heavy atom. The highest BCUT2D eigenvalue weighted by atomic mass is 16.1. The number of hydrogen-bond donors (Lipinski definition) is 2. The lowest BCUT2D eigenvalue weighted by atomic mass is 9.87. The molecule has 0 saturated heterocycles. The highest BCUT2D eigenvalue weighted by Gasteiger charge is 2.22. The monoisotopic (exact) mass is 333 g/mol. The molecule has 0 spiro atoms. The summed E-state index contributed by atoms with van der Waals surface area (Å²) in [6, 6.07) is 14.5. The number of rotatable bonds is 5. The maximum absolute atomic E-state index is 12.3. The number of hydrogen-bond acceptors (Lipinski definition) is 2. The summed E-state index contributed by atoms with van der Waals surface area (Å²) in [4.78, 5) is 20.0. The Bertz CT molecular complexity index is 883. The van der Waals surface area contributed by atoms with Gasteiger partial charge in [-0.1, -0.05) is 42.5 Å². The topological polar surface area (TPSA) is 57.8 Å². The van der Waals surface area contributed by atoms with Gasteiger partial charge in [0, 0.05) is 18.2 Å². The molecular formula is C21H23N3O. The lowest BCUT2D eigenvalue weighted by molar-refractivity contribution is -0.120. The maximum Gasteiger partial charge on any atom is 0.224 e. The Labute approximate surface area is 147 Å². The van der Waals surface area contributed by atoms with Gasteiger partial charge in [0.1, 0.15) is 0 Å². The molecule has 1 aromatic heterocycles. The second-order valence-electron chi connectivity index (χ2n) is 6.85. The van der Waals surface area contributed by atoms with E-state index in [1.54, 1.807) is 6.33 Å². The summed E-state index contributed by atoms with van der Waals surface area (Å²) in [7, 11) is 0. The first-order valence-electron chi connectivity index (χ1n) is 9.06. The molecule has 25 heavy (non-hydrogen) atoms. The number of nitrogens with zero attached hydrogens (tertiary/aromatic N) is 1. The van der Waals surface area contributed by atoms with Crippen LogP contribution in [-0.2, 0) is 17.6 Å². The zero-order chi connectivity index (χ0) is 17.1. The van der Waals surface area contributed by atoms with Crippen molar-refractivity contribution in [1.29, 1.82) is 0 Å². The molecule has 0 aliphatic heterocycles. The normalized spacial score (nSPS) is 16.6. The fraction of sp³-hybridized carbons (Fsp3) is 0.333. The molecular weight excluding hydrogens is 310 g/mol. The number of carbonyl (C=O) groups is 1. The average molecular weight is 333 g/mol. The number of aromatic amines is 1. The van der Waals surface area contributed by atoms with Crippen molar-refractivity contribution in [2.24, 2.45) is 0 Å². The first kappa shape index (κ1) is 15.9. The summed E-state index contributed by atoms with van der Waals surface area (Å²) in [5.74, 6) is 0.560. The van der Waals surface area contributed by atoms with Crippen LogP contribution < -0.4 is 5.32 Å². The molecule has 3 aromatic rings. The summed E-state index contributed by atoms with van der Waals surface area (Å²) >= 11 is 0. The predicted octanol–water partition coefficient (Wildman–Crippen LogP) is 3.73. The van der Waals surface area contributed by atoms with Crippen LogP contribution in [-0.4, -0.2) is 22.4 Å². The van der Waals surface area contributed by atoms with E-state index in [2.05, 4.69) is 39.6 Å². The van der Waals surface area contributed by atoms with E-state index in [0.717, 1.165) is 18.4 Å². The molecule has 0 bridgehead atoms. The molecule has 0 saturated carbocycles. The number of nitrogens with one attached hydrogen (secondary N) is 2. The van der Waals surface area contributed by atoms with Gasteiger partial charge in [0.25, 0.3) is 0 Å². The number of benzene rings is 2. The number of imidazole rings is 1. The lowest BCUT2D eigenvalue weighted by Crippen LogP contribution is -2.27. The number of H-pyrrole nitrogens is 1. The minimum atomic E-state index is 0.0911. The van der Waals surface area contributed by atoms with E-state index >= 15 is 0 Å². The van der Waals surface area contributed by atoms with Crippen molar-refractivity contribution >= 4 is 16.7 Å². The third kappa shape index (κ3) is 3.58. The van der Waals surface area contributed by atoms with E-state index in [0.29, 0.717) is 18.9 Å². The largest absolute Gasteiger partial charge is 0.356 e. The van der Waals surface area contributed by atoms with E-state index in [9.17, 15) is 4.79 Å². The van der Waals surface area contributed by atoms with Crippen LogP contribution in [0.3, 0.4) is 0 Å². The molecule has 0 radical (unpaired) electrons. The summed E-state index contributed by atoms with van der Waals surface area (Å²) in [6.45, 7) is 0.712. The molecule has 0 fully saturated rings. The lowest BCUT2D eigenvalue weighted by Gasteiger charge is -2.21. The van der Waals surface area contributed by atoms with Gasteiger partial charge in [-0.3, -0.25) is 4.79 Å². The molecule has 1 amide bonds. The van der Waals surface area contributed by atoms with E-state index in [-0.39, 0.29) is 5.91 Å². The SMILES string of the molecule is O=C(Cc1ccc2ccccc2c1)NCCC1CCCc2[nH]cnc21. The van der Waals surface area contributed by atoms with Crippen molar-refractivity contribution in [2.45, 2.75) is 38.0 Å². The van der Waals surface area contributed by atoms with Gasteiger partial charge < -0.3 is 10.3 Å². The van der Waals surface area contributed by atoms with Gasteiger partial charge in [0.2, 0.25) is 5.91 Å². The van der Waals surface area contributed by atoms with Gasteiger partial charge in [0.05, 0.1) is 18.4 Å². The highest BCUT2D eigenvalue weighted by Crippen LogP contribution is 2.31. The molecule has 128 valence electrons. The van der Waals surface area contributed by atoms with Crippen LogP contribution in [0, 0.1) is 0 Å². The summed E-state index contributed by atoms with van der Waals surface area (Å²) in [5, 5.41) is 5.46. The number of carbonyl (C=O) groups excluding carboxylic acids is 1. The number of amides is 1. The second-order valence-corrected chi connectivity index (χ2v) is 6.85. The summed E-state index contributed by atoms with van der Waals surface area (Å²) in [6.07, 6.45) is 6.65. The zero-order valence-corrected chi connectivity index (χ0v) is 14.3. The van der Waals surface area contributed by atoms with Crippen LogP contribution in [0.1, 0.15) is 42.1 Å². The molecule has 1 atom stereocenters. The van der Waals surface area contributed by atoms with Crippen LogP contribution in [0.5, 0.6) is 0 Å². The maximum atomic E-state index is 12.3. The first-order valence-corrected chi connectivity index (χ1v) is 9.06. The van der Waals surface area contributed by atoms with Crippen molar-refractivity contribution in [3.63, 3.8) is 0 Å². The summed E-state index contributed by atoms with van der Waals surface area (Å²) < 4.78 is 0. The Morgan fingerprint density at radius 3 is 3.00 bits per heavy atom. The first-order chi connectivity index (χ1) is 12.3. The minimum absolute atomic E-state index is 0.0911. The van der Waals surface area contributed by atoms with E-state index in [4.69, 9.17) is 0 Å². The molecule has 1 aliphatic carbocycles. The van der Waals surface area contributed by atoms with Crippen LogP contribution in [0.25, 0.3) is 10.8 Å². The van der Waals surface area contributed by atoms with Crippen LogP contribution in [0.4, 0.5) is 0 Å². The standard InChI is InChI=1S/C21H23N3O/c25-20(13-15-8-9-16-4-1-2-5-18(16)12-15)22-11-10-17-6-3-7-19-21(17)24-14-23-19/h1-2,4-5,8-9,12,14,17H,3,6-7,10-11,13H2,(H,22,25)(H,23,24). The molecule has 4 rings (SSSR count). The predicted molar refractivity (Wildman–Crippen MR) is 99.5 cm³/mol. The highest BCUT2D eigenvalue weighted by molar-refractivity contribution is 5.85. The van der Waals surface area contributed by atoms with E-state index in [1.807, 2.05) is 18.2 Å². The van der Waals surface area contributed by atoms with Gasteiger partial charge in [0.15, 0.2) is 0 Å². The van der Waals surface area contributed by atoms with E-state index in [1.165, 1.54) is 35.0 Å². The molecule has 2 N–H and O–H groups in total. The molecule has 1 heterocycles. The van der Waals surface area contributed by atoms with Gasteiger partial charge in [-0.15, -0.1) is 0 Å². The van der Waals surface area contributed by atoms with Crippen LogP contribution in [0.2, 0.25) is 0 Å². The molecule has 4 nitrogen and oxygen atoms in total. The van der Waals surface area contributed by atoms with Crippen LogP contribution in [0.15, 0.2) is 48.8 Å². The Kier molecular flexibility index (Phi) is 4.51. The zero-order valence-electron chi connectivity index (χ0n) is 14.3. The summed E-state index contributed by atoms with van der Waals surface area (Å²) in [5.41, 5.74) is 3.54. The molecule has 1 aliphatic rings. The Morgan fingerprint density at radius 1 is 1.20 bits per heavy atom. The van der Waals surface area contributed by atoms with Gasteiger partial charge in [-0.25, -0.2) is 4.98 Å². The van der Waals surface area contributed by atoms with Crippen molar-refractivity contribution in [3.8, 4) is 0 Å². The number of aromatic nitrogens is 2. The molecule has 1 unspecified atom stereocenters. The van der Waals surface area contributed by atoms with Gasteiger partial charge >= 0.3 is 0 Å². The average Bonchev–Trinajstić information content (AvgIpc) is 3.11. The van der Waals surface area contributed by atoms with Gasteiger partial charge in [-0.2, -0.15) is 0 Å². The molecule has 4 heteroatoms. The fourth-order valence-corrected chi connectivity index (χ4v) is 3.81. The number of fused-ring (bicyclic) bond motifs is 2.